The van der Waals surface area contributed by atoms with Crippen LogP contribution in [0.25, 0.3) is 0 Å². The van der Waals surface area contributed by atoms with Crippen molar-refractivity contribution in [2.24, 2.45) is 0 Å². The van der Waals surface area contributed by atoms with E-state index in [1.807, 2.05) is 0 Å². The molecular weight excluding hydrogens is 124 g/mol. The highest BCUT2D eigenvalue weighted by molar-refractivity contribution is 4.54. The molecule has 0 aliphatic rings. The van der Waals surface area contributed by atoms with E-state index in [1.165, 1.54) is 0 Å². The van der Waals surface area contributed by atoms with Crippen molar-refractivity contribution < 1.29 is 0 Å². The Labute approximate surface area is 64.8 Å². The smallest absolute Gasteiger partial charge is 0.0106 e. The van der Waals surface area contributed by atoms with Crippen molar-refractivity contribution in [3.8, 4) is 0 Å². The van der Waals surface area contributed by atoms with Gasteiger partial charge in [-0.1, -0.05) is 6.92 Å². The Morgan fingerprint density at radius 3 is 2.00 bits per heavy atom. The lowest BCUT2D eigenvalue weighted by atomic mass is 10.4. The SMILES string of the molecule is [CH2]CCN(C)CCN(C)C. The van der Waals surface area contributed by atoms with E-state index in [0.717, 1.165) is 26.1 Å². The lowest BCUT2D eigenvalue weighted by Crippen LogP contribution is -2.29. The van der Waals surface area contributed by atoms with E-state index in [-0.39, 0.29) is 0 Å². The van der Waals surface area contributed by atoms with Crippen LogP contribution in [-0.2, 0) is 0 Å². The van der Waals surface area contributed by atoms with Gasteiger partial charge in [-0.3, -0.25) is 0 Å². The summed E-state index contributed by atoms with van der Waals surface area (Å²) in [5.41, 5.74) is 0. The molecule has 0 aromatic heterocycles. The fourth-order valence-electron chi connectivity index (χ4n) is 0.752. The average Bonchev–Trinajstić information content (AvgIpc) is 1.85. The average molecular weight is 143 g/mol. The van der Waals surface area contributed by atoms with Gasteiger partial charge >= 0.3 is 0 Å². The van der Waals surface area contributed by atoms with Gasteiger partial charge < -0.3 is 9.80 Å². The van der Waals surface area contributed by atoms with Gasteiger partial charge in [0.05, 0.1) is 0 Å². The summed E-state index contributed by atoms with van der Waals surface area (Å²) in [5, 5.41) is 0. The molecule has 0 fully saturated rings. The number of hydrogen-bond donors (Lipinski definition) is 0. The molecule has 0 aromatic rings. The van der Waals surface area contributed by atoms with Gasteiger partial charge in [0, 0.05) is 13.1 Å². The van der Waals surface area contributed by atoms with E-state index in [0.29, 0.717) is 0 Å². The van der Waals surface area contributed by atoms with Crippen molar-refractivity contribution in [3.63, 3.8) is 0 Å². The highest BCUT2D eigenvalue weighted by atomic mass is 15.1. The van der Waals surface area contributed by atoms with Crippen molar-refractivity contribution in [2.45, 2.75) is 6.42 Å². The zero-order chi connectivity index (χ0) is 7.98. The molecule has 0 saturated heterocycles. The molecule has 0 aliphatic heterocycles. The Bertz CT molecular complexity index is 71.7. The summed E-state index contributed by atoms with van der Waals surface area (Å²) in [6.07, 6.45) is 1.00. The molecule has 10 heavy (non-hydrogen) atoms. The number of rotatable bonds is 5. The summed E-state index contributed by atoms with van der Waals surface area (Å²) < 4.78 is 0. The summed E-state index contributed by atoms with van der Waals surface area (Å²) >= 11 is 0. The van der Waals surface area contributed by atoms with Crippen molar-refractivity contribution in [1.82, 2.24) is 9.80 Å². The Kier molecular flexibility index (Phi) is 5.64. The molecule has 1 radical (unpaired) electrons. The topological polar surface area (TPSA) is 6.48 Å². The second-order valence-corrected chi connectivity index (χ2v) is 2.96. The van der Waals surface area contributed by atoms with Gasteiger partial charge in [0.1, 0.15) is 0 Å². The van der Waals surface area contributed by atoms with Crippen LogP contribution in [0.3, 0.4) is 0 Å². The number of hydrogen-bond acceptors (Lipinski definition) is 2. The van der Waals surface area contributed by atoms with E-state index in [4.69, 9.17) is 0 Å². The summed E-state index contributed by atoms with van der Waals surface area (Å²) in [6.45, 7) is 7.18. The predicted octanol–water partition coefficient (Wildman–Crippen LogP) is 0.704. The van der Waals surface area contributed by atoms with E-state index in [1.54, 1.807) is 0 Å². The molecule has 0 rings (SSSR count). The third-order valence-electron chi connectivity index (χ3n) is 1.47. The molecule has 2 nitrogen and oxygen atoms in total. The Morgan fingerprint density at radius 2 is 1.60 bits per heavy atom. The second-order valence-electron chi connectivity index (χ2n) is 2.96. The first-order valence-corrected chi connectivity index (χ1v) is 3.79. The lowest BCUT2D eigenvalue weighted by Gasteiger charge is -2.17. The van der Waals surface area contributed by atoms with Crippen LogP contribution in [0.1, 0.15) is 6.42 Å². The van der Waals surface area contributed by atoms with Gasteiger partial charge in [0.2, 0.25) is 0 Å². The fourth-order valence-corrected chi connectivity index (χ4v) is 0.752. The number of nitrogens with zero attached hydrogens (tertiary/aromatic N) is 2. The quantitative estimate of drug-likeness (QED) is 0.559. The van der Waals surface area contributed by atoms with Crippen molar-refractivity contribution in [1.29, 1.82) is 0 Å². The molecule has 0 N–H and O–H groups in total. The van der Waals surface area contributed by atoms with Crippen LogP contribution in [0.2, 0.25) is 0 Å². The van der Waals surface area contributed by atoms with Crippen LogP contribution in [0.15, 0.2) is 0 Å². The molecule has 0 aromatic carbocycles. The lowest BCUT2D eigenvalue weighted by molar-refractivity contribution is 0.285. The third kappa shape index (κ3) is 6.05. The summed E-state index contributed by atoms with van der Waals surface area (Å²) in [7, 11) is 6.32. The molecular formula is C8H19N2. The normalized spacial score (nSPS) is 11.4. The summed E-state index contributed by atoms with van der Waals surface area (Å²) in [5.74, 6) is 0. The Morgan fingerprint density at radius 1 is 1.00 bits per heavy atom. The van der Waals surface area contributed by atoms with Gasteiger partial charge in [-0.2, -0.15) is 0 Å². The van der Waals surface area contributed by atoms with Crippen molar-refractivity contribution >= 4 is 0 Å². The summed E-state index contributed by atoms with van der Waals surface area (Å²) in [4.78, 5) is 4.49. The molecule has 0 unspecified atom stereocenters. The van der Waals surface area contributed by atoms with E-state index in [2.05, 4.69) is 37.9 Å². The minimum absolute atomic E-state index is 1.00. The molecule has 0 bridgehead atoms. The van der Waals surface area contributed by atoms with Crippen molar-refractivity contribution in [2.75, 3.05) is 40.8 Å². The van der Waals surface area contributed by atoms with Gasteiger partial charge in [-0.15, -0.1) is 0 Å². The van der Waals surface area contributed by atoms with Crippen LogP contribution in [-0.4, -0.2) is 50.6 Å². The molecule has 0 aliphatic carbocycles. The molecule has 2 heteroatoms. The standard InChI is InChI=1S/C8H19N2/c1-5-6-10(4)8-7-9(2)3/h1,5-8H2,2-4H3. The van der Waals surface area contributed by atoms with E-state index < -0.39 is 0 Å². The first-order chi connectivity index (χ1) is 4.66. The van der Waals surface area contributed by atoms with E-state index >= 15 is 0 Å². The minimum atomic E-state index is 1.00. The van der Waals surface area contributed by atoms with Crippen LogP contribution in [0.4, 0.5) is 0 Å². The minimum Gasteiger partial charge on any atom is -0.308 e. The molecule has 0 heterocycles. The predicted molar refractivity (Wildman–Crippen MR) is 46.0 cm³/mol. The molecule has 0 spiro atoms. The molecule has 0 atom stereocenters. The Balaban J connectivity index is 3.12. The molecule has 0 saturated carbocycles. The molecule has 0 amide bonds. The van der Waals surface area contributed by atoms with Crippen LogP contribution >= 0.6 is 0 Å². The number of likely N-dealkylation sites (N-methyl/N-ethyl adjacent to an activating group) is 2. The van der Waals surface area contributed by atoms with Gasteiger partial charge in [0.25, 0.3) is 0 Å². The first kappa shape index (κ1) is 9.92. The van der Waals surface area contributed by atoms with Gasteiger partial charge in [-0.05, 0) is 34.1 Å². The fraction of sp³-hybridized carbons (Fsp3) is 0.875. The van der Waals surface area contributed by atoms with Crippen molar-refractivity contribution in [3.05, 3.63) is 6.92 Å². The Hall–Kier alpha value is -0.0800. The monoisotopic (exact) mass is 143 g/mol. The molecule has 61 valence electrons. The first-order valence-electron chi connectivity index (χ1n) is 3.79. The third-order valence-corrected chi connectivity index (χ3v) is 1.47. The van der Waals surface area contributed by atoms with Crippen LogP contribution in [0.5, 0.6) is 0 Å². The zero-order valence-corrected chi connectivity index (χ0v) is 7.43. The van der Waals surface area contributed by atoms with Crippen LogP contribution in [0, 0.1) is 6.92 Å². The maximum Gasteiger partial charge on any atom is 0.0106 e. The van der Waals surface area contributed by atoms with Crippen LogP contribution < -0.4 is 0 Å². The summed E-state index contributed by atoms with van der Waals surface area (Å²) in [6, 6.07) is 0. The van der Waals surface area contributed by atoms with Gasteiger partial charge in [-0.25, -0.2) is 0 Å². The van der Waals surface area contributed by atoms with Gasteiger partial charge in [0.15, 0.2) is 0 Å². The largest absolute Gasteiger partial charge is 0.308 e. The zero-order valence-electron chi connectivity index (χ0n) is 7.43. The maximum absolute atomic E-state index is 3.80. The highest BCUT2D eigenvalue weighted by Gasteiger charge is 1.95. The van der Waals surface area contributed by atoms with E-state index in [9.17, 15) is 0 Å². The highest BCUT2D eigenvalue weighted by Crippen LogP contribution is 1.85. The maximum atomic E-state index is 3.80. The second kappa shape index (κ2) is 5.69.